The van der Waals surface area contributed by atoms with Crippen molar-refractivity contribution in [2.45, 2.75) is 0 Å². The SMILES string of the molecule is C=COc1cc(O)ccc1C=O.Oc1ccccc1O. The van der Waals surface area contributed by atoms with Crippen LogP contribution >= 0.6 is 0 Å². The van der Waals surface area contributed by atoms with Crippen molar-refractivity contribution in [3.8, 4) is 23.0 Å². The minimum atomic E-state index is -0.0764. The second-order valence-electron chi connectivity index (χ2n) is 3.61. The Hall–Kier alpha value is -2.95. The van der Waals surface area contributed by atoms with Gasteiger partial charge < -0.3 is 20.1 Å². The Balaban J connectivity index is 0.000000217. The molecule has 104 valence electrons. The fourth-order valence-corrected chi connectivity index (χ4v) is 1.28. The minimum Gasteiger partial charge on any atom is -0.508 e. The molecule has 2 aromatic carbocycles. The number of hydrogen-bond acceptors (Lipinski definition) is 5. The number of para-hydroxylation sites is 2. The van der Waals surface area contributed by atoms with Crippen LogP contribution in [0.4, 0.5) is 0 Å². The largest absolute Gasteiger partial charge is 0.508 e. The number of aromatic hydroxyl groups is 3. The van der Waals surface area contributed by atoms with Crippen molar-refractivity contribution in [3.63, 3.8) is 0 Å². The maximum Gasteiger partial charge on any atom is 0.157 e. The van der Waals surface area contributed by atoms with Crippen LogP contribution < -0.4 is 4.74 Å². The lowest BCUT2D eigenvalue weighted by Crippen LogP contribution is -1.87. The van der Waals surface area contributed by atoms with Gasteiger partial charge in [-0.2, -0.15) is 0 Å². The zero-order valence-corrected chi connectivity index (χ0v) is 10.6. The predicted octanol–water partition coefficient (Wildman–Crippen LogP) is 2.82. The minimum absolute atomic E-state index is 0.0532. The number of phenols is 3. The van der Waals surface area contributed by atoms with Gasteiger partial charge in [0.05, 0.1) is 11.8 Å². The summed E-state index contributed by atoms with van der Waals surface area (Å²) in [6, 6.07) is 10.4. The van der Waals surface area contributed by atoms with E-state index in [1.165, 1.54) is 36.6 Å². The Labute approximate surface area is 116 Å². The van der Waals surface area contributed by atoms with Crippen LogP contribution in [0.1, 0.15) is 10.4 Å². The number of phenolic OH excluding ortho intramolecular Hbond substituents is 3. The van der Waals surface area contributed by atoms with Gasteiger partial charge >= 0.3 is 0 Å². The summed E-state index contributed by atoms with van der Waals surface area (Å²) in [5.41, 5.74) is 0.382. The zero-order chi connectivity index (χ0) is 15.0. The van der Waals surface area contributed by atoms with Gasteiger partial charge in [-0.3, -0.25) is 4.79 Å². The molecule has 0 fully saturated rings. The highest BCUT2D eigenvalue weighted by atomic mass is 16.5. The molecule has 0 saturated carbocycles. The lowest BCUT2D eigenvalue weighted by Gasteiger charge is -2.02. The summed E-state index contributed by atoms with van der Waals surface area (Å²) >= 11 is 0. The smallest absolute Gasteiger partial charge is 0.157 e. The molecule has 0 aromatic heterocycles. The van der Waals surface area contributed by atoms with E-state index >= 15 is 0 Å². The van der Waals surface area contributed by atoms with E-state index in [0.717, 1.165) is 0 Å². The van der Waals surface area contributed by atoms with Crippen molar-refractivity contribution in [2.24, 2.45) is 0 Å². The summed E-state index contributed by atoms with van der Waals surface area (Å²) in [6.07, 6.45) is 1.85. The van der Waals surface area contributed by atoms with E-state index in [4.69, 9.17) is 20.1 Å². The van der Waals surface area contributed by atoms with Gasteiger partial charge in [-0.05, 0) is 24.3 Å². The van der Waals surface area contributed by atoms with E-state index in [0.29, 0.717) is 17.6 Å². The highest BCUT2D eigenvalue weighted by Gasteiger charge is 2.01. The number of rotatable bonds is 3. The number of aldehydes is 1. The number of carbonyl (C=O) groups is 1. The predicted molar refractivity (Wildman–Crippen MR) is 74.1 cm³/mol. The molecule has 0 radical (unpaired) electrons. The van der Waals surface area contributed by atoms with Gasteiger partial charge in [0, 0.05) is 6.07 Å². The number of carbonyl (C=O) groups excluding carboxylic acids is 1. The fraction of sp³-hybridized carbons (Fsp3) is 0. The summed E-state index contributed by atoms with van der Waals surface area (Å²) in [6.45, 7) is 3.34. The monoisotopic (exact) mass is 274 g/mol. The van der Waals surface area contributed by atoms with Crippen LogP contribution in [0, 0.1) is 0 Å². The second kappa shape index (κ2) is 7.48. The molecule has 5 heteroatoms. The van der Waals surface area contributed by atoms with E-state index in [-0.39, 0.29) is 17.2 Å². The first-order valence-corrected chi connectivity index (χ1v) is 5.61. The molecule has 0 amide bonds. The molecule has 0 atom stereocenters. The summed E-state index contributed by atoms with van der Waals surface area (Å²) in [5, 5.41) is 26.4. The van der Waals surface area contributed by atoms with Crippen LogP contribution in [0.3, 0.4) is 0 Å². The first kappa shape index (κ1) is 15.1. The quantitative estimate of drug-likeness (QED) is 0.455. The molecule has 2 rings (SSSR count). The number of benzene rings is 2. The van der Waals surface area contributed by atoms with Gasteiger partial charge in [-0.25, -0.2) is 0 Å². The molecule has 0 bridgehead atoms. The number of ether oxygens (including phenoxy) is 1. The molecule has 0 saturated heterocycles. The van der Waals surface area contributed by atoms with E-state index < -0.39 is 0 Å². The number of hydrogen-bond donors (Lipinski definition) is 3. The summed E-state index contributed by atoms with van der Waals surface area (Å²) in [4.78, 5) is 10.4. The molecular weight excluding hydrogens is 260 g/mol. The Morgan fingerprint density at radius 2 is 1.60 bits per heavy atom. The average molecular weight is 274 g/mol. The van der Waals surface area contributed by atoms with Crippen molar-refractivity contribution >= 4 is 6.29 Å². The highest BCUT2D eigenvalue weighted by Crippen LogP contribution is 2.22. The highest BCUT2D eigenvalue weighted by molar-refractivity contribution is 5.79. The van der Waals surface area contributed by atoms with Crippen molar-refractivity contribution in [2.75, 3.05) is 0 Å². The third-order valence-electron chi connectivity index (χ3n) is 2.22. The van der Waals surface area contributed by atoms with Gasteiger partial charge in [-0.15, -0.1) is 0 Å². The van der Waals surface area contributed by atoms with E-state index in [2.05, 4.69) is 6.58 Å². The van der Waals surface area contributed by atoms with Gasteiger partial charge in [0.2, 0.25) is 0 Å². The molecule has 0 unspecified atom stereocenters. The van der Waals surface area contributed by atoms with Crippen molar-refractivity contribution in [1.82, 2.24) is 0 Å². The molecule has 3 N–H and O–H groups in total. The average Bonchev–Trinajstić information content (AvgIpc) is 2.44. The van der Waals surface area contributed by atoms with Crippen molar-refractivity contribution in [3.05, 3.63) is 60.9 Å². The molecule has 0 heterocycles. The molecule has 5 nitrogen and oxygen atoms in total. The van der Waals surface area contributed by atoms with Crippen LogP contribution in [-0.2, 0) is 0 Å². The van der Waals surface area contributed by atoms with Crippen LogP contribution in [0.2, 0.25) is 0 Å². The van der Waals surface area contributed by atoms with E-state index in [1.54, 1.807) is 12.1 Å². The first-order valence-electron chi connectivity index (χ1n) is 5.61. The van der Waals surface area contributed by atoms with E-state index in [1.807, 2.05) is 0 Å². The third-order valence-corrected chi connectivity index (χ3v) is 2.22. The molecular formula is C15H14O5. The summed E-state index contributed by atoms with van der Waals surface area (Å²) < 4.78 is 4.88. The molecule has 2 aromatic rings. The Bertz CT molecular complexity index is 572. The third kappa shape index (κ3) is 4.38. The fourth-order valence-electron chi connectivity index (χ4n) is 1.28. The normalized spacial score (nSPS) is 9.00. The molecule has 0 aliphatic carbocycles. The second-order valence-corrected chi connectivity index (χ2v) is 3.61. The maximum absolute atomic E-state index is 10.4. The van der Waals surface area contributed by atoms with Crippen LogP contribution in [0.5, 0.6) is 23.0 Å². The summed E-state index contributed by atoms with van der Waals surface area (Å²) in [5.74, 6) is 0.206. The summed E-state index contributed by atoms with van der Waals surface area (Å²) in [7, 11) is 0. The van der Waals surface area contributed by atoms with E-state index in [9.17, 15) is 4.79 Å². The molecule has 0 spiro atoms. The Morgan fingerprint density at radius 1 is 1.00 bits per heavy atom. The van der Waals surface area contributed by atoms with Crippen molar-refractivity contribution < 1.29 is 24.9 Å². The lowest BCUT2D eigenvalue weighted by molar-refractivity contribution is 0.112. The topological polar surface area (TPSA) is 87.0 Å². The van der Waals surface area contributed by atoms with Gasteiger partial charge in [0.1, 0.15) is 11.5 Å². The van der Waals surface area contributed by atoms with Crippen LogP contribution in [-0.4, -0.2) is 21.6 Å². The van der Waals surface area contributed by atoms with Gasteiger partial charge in [0.15, 0.2) is 17.8 Å². The zero-order valence-electron chi connectivity index (χ0n) is 10.6. The first-order chi connectivity index (χ1) is 9.58. The van der Waals surface area contributed by atoms with Gasteiger partial charge in [0.25, 0.3) is 0 Å². The molecule has 0 aliphatic rings. The maximum atomic E-state index is 10.4. The van der Waals surface area contributed by atoms with Crippen LogP contribution in [0.25, 0.3) is 0 Å². The van der Waals surface area contributed by atoms with Crippen LogP contribution in [0.15, 0.2) is 55.3 Å². The standard InChI is InChI=1S/C9H8O3.C6H6O2/c1-2-12-9-5-8(11)4-3-7(9)6-10;7-5-3-1-2-4-6(5)8/h2-6,11H,1H2;1-4,7-8H. The molecule has 0 aliphatic heterocycles. The molecule has 20 heavy (non-hydrogen) atoms. The Morgan fingerprint density at radius 3 is 2.05 bits per heavy atom. The lowest BCUT2D eigenvalue weighted by atomic mass is 10.2. The Kier molecular flexibility index (Phi) is 5.65. The van der Waals surface area contributed by atoms with Crippen molar-refractivity contribution in [1.29, 1.82) is 0 Å². The van der Waals surface area contributed by atoms with Gasteiger partial charge in [-0.1, -0.05) is 18.7 Å².